The van der Waals surface area contributed by atoms with Gasteiger partial charge in [-0.2, -0.15) is 0 Å². The summed E-state index contributed by atoms with van der Waals surface area (Å²) in [6.07, 6.45) is 3.55. The molecule has 0 aromatic heterocycles. The molecule has 2 N–H and O–H groups in total. The zero-order valence-corrected chi connectivity index (χ0v) is 6.77. The molecule has 1 aliphatic heterocycles. The molecule has 2 nitrogen and oxygen atoms in total. The molecule has 2 heteroatoms. The van der Waals surface area contributed by atoms with E-state index in [0.29, 0.717) is 0 Å². The van der Waals surface area contributed by atoms with Crippen LogP contribution in [0.5, 0.6) is 0 Å². The fourth-order valence-corrected chi connectivity index (χ4v) is 1.56. The predicted octanol–water partition coefficient (Wildman–Crippen LogP) is -0.564. The summed E-state index contributed by atoms with van der Waals surface area (Å²) in [5.41, 5.74) is 0. The molecule has 1 heterocycles. The molecule has 1 unspecified atom stereocenters. The summed E-state index contributed by atoms with van der Waals surface area (Å²) in [5.74, 6) is 0. The van der Waals surface area contributed by atoms with Crippen LogP contribution in [0.2, 0.25) is 0 Å². The van der Waals surface area contributed by atoms with Crippen molar-refractivity contribution in [1.29, 1.82) is 0 Å². The van der Waals surface area contributed by atoms with E-state index in [9.17, 15) is 5.11 Å². The minimum Gasteiger partial charge on any atom is -0.387 e. The van der Waals surface area contributed by atoms with Crippen LogP contribution in [-0.2, 0) is 0 Å². The van der Waals surface area contributed by atoms with Crippen molar-refractivity contribution in [2.24, 2.45) is 0 Å². The van der Waals surface area contributed by atoms with Crippen molar-refractivity contribution in [3.63, 3.8) is 0 Å². The molecule has 0 saturated carbocycles. The van der Waals surface area contributed by atoms with Gasteiger partial charge in [-0.15, -0.1) is 0 Å². The standard InChI is InChI=1S/C8H17NO/c1-2-8(10)7-9-5-3-4-6-9/h8,10H,2-7H2,1H3/p+1. The lowest BCUT2D eigenvalue weighted by Crippen LogP contribution is -3.11. The summed E-state index contributed by atoms with van der Waals surface area (Å²) in [6.45, 7) is 5.56. The van der Waals surface area contributed by atoms with E-state index in [1.165, 1.54) is 25.9 Å². The lowest BCUT2D eigenvalue weighted by Gasteiger charge is -2.14. The number of likely N-dealkylation sites (tertiary alicyclic amines) is 1. The molecule has 0 aliphatic carbocycles. The van der Waals surface area contributed by atoms with Gasteiger partial charge in [-0.1, -0.05) is 6.92 Å². The number of hydrogen-bond acceptors (Lipinski definition) is 1. The zero-order chi connectivity index (χ0) is 7.40. The Morgan fingerprint density at radius 3 is 2.50 bits per heavy atom. The van der Waals surface area contributed by atoms with Gasteiger partial charge in [0.1, 0.15) is 12.6 Å². The first kappa shape index (κ1) is 8.02. The average molecular weight is 144 g/mol. The Kier molecular flexibility index (Phi) is 3.16. The zero-order valence-electron chi connectivity index (χ0n) is 6.77. The van der Waals surface area contributed by atoms with Crippen LogP contribution in [0.4, 0.5) is 0 Å². The highest BCUT2D eigenvalue weighted by atomic mass is 16.3. The van der Waals surface area contributed by atoms with Crippen molar-refractivity contribution in [3.8, 4) is 0 Å². The molecule has 0 aromatic rings. The first-order valence-corrected chi connectivity index (χ1v) is 4.34. The van der Waals surface area contributed by atoms with E-state index in [0.717, 1.165) is 13.0 Å². The lowest BCUT2D eigenvalue weighted by molar-refractivity contribution is -0.890. The van der Waals surface area contributed by atoms with Crippen molar-refractivity contribution in [2.45, 2.75) is 32.3 Å². The van der Waals surface area contributed by atoms with Crippen molar-refractivity contribution in [1.82, 2.24) is 0 Å². The average Bonchev–Trinajstić information content (AvgIpc) is 2.40. The number of aliphatic hydroxyl groups excluding tert-OH is 1. The maximum Gasteiger partial charge on any atom is 0.103 e. The van der Waals surface area contributed by atoms with Gasteiger partial charge in [-0.05, 0) is 6.42 Å². The highest BCUT2D eigenvalue weighted by Crippen LogP contribution is 1.90. The van der Waals surface area contributed by atoms with Crippen LogP contribution < -0.4 is 4.90 Å². The van der Waals surface area contributed by atoms with Crippen LogP contribution in [0.25, 0.3) is 0 Å². The van der Waals surface area contributed by atoms with E-state index in [4.69, 9.17) is 0 Å². The molecule has 0 aromatic carbocycles. The molecule has 0 bridgehead atoms. The molecule has 0 radical (unpaired) electrons. The smallest absolute Gasteiger partial charge is 0.103 e. The number of aliphatic hydroxyl groups is 1. The number of nitrogens with one attached hydrogen (secondary N) is 1. The van der Waals surface area contributed by atoms with Gasteiger partial charge in [0.2, 0.25) is 0 Å². The van der Waals surface area contributed by atoms with E-state index in [1.54, 1.807) is 4.90 Å². The van der Waals surface area contributed by atoms with Crippen molar-refractivity contribution >= 4 is 0 Å². The molecule has 1 atom stereocenters. The molecule has 1 saturated heterocycles. The fourth-order valence-electron chi connectivity index (χ4n) is 1.56. The molecular formula is C8H18NO+. The number of quaternary nitrogens is 1. The topological polar surface area (TPSA) is 24.7 Å². The summed E-state index contributed by atoms with van der Waals surface area (Å²) >= 11 is 0. The van der Waals surface area contributed by atoms with E-state index in [-0.39, 0.29) is 6.10 Å². The third kappa shape index (κ3) is 2.27. The minimum absolute atomic E-state index is 0.0619. The molecule has 0 amide bonds. The highest BCUT2D eigenvalue weighted by molar-refractivity contribution is 4.51. The van der Waals surface area contributed by atoms with Gasteiger partial charge in [0.25, 0.3) is 0 Å². The second kappa shape index (κ2) is 3.94. The molecule has 1 rings (SSSR count). The number of hydrogen-bond donors (Lipinski definition) is 2. The lowest BCUT2D eigenvalue weighted by atomic mass is 10.3. The molecule has 1 aliphatic rings. The van der Waals surface area contributed by atoms with Crippen LogP contribution >= 0.6 is 0 Å². The van der Waals surface area contributed by atoms with Crippen molar-refractivity contribution in [2.75, 3.05) is 19.6 Å². The predicted molar refractivity (Wildman–Crippen MR) is 41.1 cm³/mol. The minimum atomic E-state index is -0.0619. The van der Waals surface area contributed by atoms with Crippen LogP contribution in [0.15, 0.2) is 0 Å². The van der Waals surface area contributed by atoms with Gasteiger partial charge in [0.05, 0.1) is 13.1 Å². The van der Waals surface area contributed by atoms with E-state index >= 15 is 0 Å². The van der Waals surface area contributed by atoms with Crippen molar-refractivity contribution in [3.05, 3.63) is 0 Å². The Morgan fingerprint density at radius 2 is 2.00 bits per heavy atom. The highest BCUT2D eigenvalue weighted by Gasteiger charge is 2.17. The van der Waals surface area contributed by atoms with E-state index in [2.05, 4.69) is 0 Å². The van der Waals surface area contributed by atoms with Crippen LogP contribution in [0.1, 0.15) is 26.2 Å². The van der Waals surface area contributed by atoms with Crippen molar-refractivity contribution < 1.29 is 10.0 Å². The normalized spacial score (nSPS) is 23.4. The Labute approximate surface area is 62.8 Å². The summed E-state index contributed by atoms with van der Waals surface area (Å²) in [6, 6.07) is 0. The largest absolute Gasteiger partial charge is 0.387 e. The first-order valence-electron chi connectivity index (χ1n) is 4.34. The van der Waals surface area contributed by atoms with Crippen LogP contribution in [0.3, 0.4) is 0 Å². The third-order valence-corrected chi connectivity index (χ3v) is 2.31. The third-order valence-electron chi connectivity index (χ3n) is 2.31. The maximum atomic E-state index is 9.30. The Balaban J connectivity index is 2.11. The second-order valence-electron chi connectivity index (χ2n) is 3.22. The molecule has 10 heavy (non-hydrogen) atoms. The second-order valence-corrected chi connectivity index (χ2v) is 3.22. The summed E-state index contributed by atoms with van der Waals surface area (Å²) in [5, 5.41) is 9.30. The maximum absolute atomic E-state index is 9.30. The van der Waals surface area contributed by atoms with Gasteiger partial charge in [-0.3, -0.25) is 0 Å². The Morgan fingerprint density at radius 1 is 1.40 bits per heavy atom. The molecule has 1 fully saturated rings. The fraction of sp³-hybridized carbons (Fsp3) is 1.00. The Hall–Kier alpha value is -0.0800. The number of rotatable bonds is 3. The quantitative estimate of drug-likeness (QED) is 0.545. The summed E-state index contributed by atoms with van der Waals surface area (Å²) in [7, 11) is 0. The Bertz CT molecular complexity index is 89.3. The van der Waals surface area contributed by atoms with Gasteiger partial charge in [-0.25, -0.2) is 0 Å². The van der Waals surface area contributed by atoms with E-state index in [1.807, 2.05) is 6.92 Å². The first-order chi connectivity index (χ1) is 4.83. The van der Waals surface area contributed by atoms with Crippen LogP contribution in [0, 0.1) is 0 Å². The molecular weight excluding hydrogens is 126 g/mol. The monoisotopic (exact) mass is 144 g/mol. The van der Waals surface area contributed by atoms with Gasteiger partial charge >= 0.3 is 0 Å². The molecule has 0 spiro atoms. The van der Waals surface area contributed by atoms with Gasteiger partial charge in [0, 0.05) is 12.8 Å². The summed E-state index contributed by atoms with van der Waals surface area (Å²) < 4.78 is 0. The van der Waals surface area contributed by atoms with Gasteiger partial charge < -0.3 is 10.0 Å². The summed E-state index contributed by atoms with van der Waals surface area (Å²) in [4.78, 5) is 1.59. The van der Waals surface area contributed by atoms with Gasteiger partial charge in [0.15, 0.2) is 0 Å². The van der Waals surface area contributed by atoms with Crippen LogP contribution in [-0.4, -0.2) is 30.8 Å². The SMILES string of the molecule is CCC(O)C[NH+]1CCCC1. The molecule has 60 valence electrons. The van der Waals surface area contributed by atoms with E-state index < -0.39 is 0 Å².